The summed E-state index contributed by atoms with van der Waals surface area (Å²) in [6, 6.07) is 7.58. The van der Waals surface area contributed by atoms with E-state index in [1.54, 1.807) is 12.1 Å². The van der Waals surface area contributed by atoms with Crippen LogP contribution in [0.3, 0.4) is 0 Å². The van der Waals surface area contributed by atoms with Crippen LogP contribution in [0.25, 0.3) is 0 Å². The van der Waals surface area contributed by atoms with Gasteiger partial charge in [0.1, 0.15) is 4.90 Å². The number of nitrogens with one attached hydrogen (secondary N) is 2. The lowest BCUT2D eigenvalue weighted by Crippen LogP contribution is -2.32. The summed E-state index contributed by atoms with van der Waals surface area (Å²) < 4.78 is 27.6. The van der Waals surface area contributed by atoms with Gasteiger partial charge >= 0.3 is 0 Å². The molecule has 5 heteroatoms. The average molecular weight is 308 g/mol. The van der Waals surface area contributed by atoms with E-state index in [9.17, 15) is 8.42 Å². The van der Waals surface area contributed by atoms with Crippen LogP contribution in [0.2, 0.25) is 0 Å². The standard InChI is InChI=1S/C16H24N2O2S/c1-11(2)18-21(19,20)15-6-4-3-5-14(15)17-16(12-7-8-12)13-9-10-13/h3-6,11-13,16-18H,7-10H2,1-2H3. The summed E-state index contributed by atoms with van der Waals surface area (Å²) in [5.41, 5.74) is 0.745. The van der Waals surface area contributed by atoms with Crippen molar-refractivity contribution in [3.8, 4) is 0 Å². The summed E-state index contributed by atoms with van der Waals surface area (Å²) in [6.45, 7) is 3.68. The van der Waals surface area contributed by atoms with Crippen molar-refractivity contribution < 1.29 is 8.42 Å². The predicted octanol–water partition coefficient (Wildman–Crippen LogP) is 2.97. The third kappa shape index (κ3) is 3.58. The van der Waals surface area contributed by atoms with Gasteiger partial charge in [-0.1, -0.05) is 12.1 Å². The lowest BCUT2D eigenvalue weighted by atomic mass is 10.1. The molecule has 2 fully saturated rings. The Hall–Kier alpha value is -1.07. The van der Waals surface area contributed by atoms with Gasteiger partial charge in [-0.15, -0.1) is 0 Å². The van der Waals surface area contributed by atoms with Crippen LogP contribution in [0.5, 0.6) is 0 Å². The van der Waals surface area contributed by atoms with Gasteiger partial charge in [-0.25, -0.2) is 13.1 Å². The molecule has 0 aliphatic heterocycles. The molecule has 1 aromatic rings. The molecule has 0 atom stereocenters. The molecule has 2 N–H and O–H groups in total. The molecule has 0 amide bonds. The maximum atomic E-state index is 12.5. The van der Waals surface area contributed by atoms with E-state index in [1.807, 2.05) is 26.0 Å². The first-order chi connectivity index (χ1) is 9.97. The monoisotopic (exact) mass is 308 g/mol. The smallest absolute Gasteiger partial charge is 0.242 e. The minimum absolute atomic E-state index is 0.106. The fourth-order valence-electron chi connectivity index (χ4n) is 2.90. The highest BCUT2D eigenvalue weighted by Crippen LogP contribution is 2.46. The maximum absolute atomic E-state index is 12.5. The molecule has 2 saturated carbocycles. The van der Waals surface area contributed by atoms with Gasteiger partial charge in [-0.3, -0.25) is 0 Å². The normalized spacial score (nSPS) is 19.2. The number of anilines is 1. The highest BCUT2D eigenvalue weighted by atomic mass is 32.2. The van der Waals surface area contributed by atoms with Crippen LogP contribution in [-0.2, 0) is 10.0 Å². The quantitative estimate of drug-likeness (QED) is 0.814. The third-order valence-corrected chi connectivity index (χ3v) is 5.87. The van der Waals surface area contributed by atoms with Gasteiger partial charge in [0, 0.05) is 12.1 Å². The van der Waals surface area contributed by atoms with Crippen LogP contribution in [0.1, 0.15) is 39.5 Å². The molecule has 0 bridgehead atoms. The van der Waals surface area contributed by atoms with Crippen molar-refractivity contribution in [2.75, 3.05) is 5.32 Å². The first-order valence-corrected chi connectivity index (χ1v) is 9.33. The number of para-hydroxylation sites is 1. The van der Waals surface area contributed by atoms with Crippen LogP contribution in [0, 0.1) is 11.8 Å². The highest BCUT2D eigenvalue weighted by molar-refractivity contribution is 7.89. The highest BCUT2D eigenvalue weighted by Gasteiger charge is 2.41. The van der Waals surface area contributed by atoms with Gasteiger partial charge in [0.2, 0.25) is 10.0 Å². The van der Waals surface area contributed by atoms with Gasteiger partial charge < -0.3 is 5.32 Å². The largest absolute Gasteiger partial charge is 0.381 e. The van der Waals surface area contributed by atoms with Crippen molar-refractivity contribution in [2.45, 2.75) is 56.5 Å². The van der Waals surface area contributed by atoms with Crippen molar-refractivity contribution in [3.63, 3.8) is 0 Å². The van der Waals surface area contributed by atoms with E-state index in [4.69, 9.17) is 0 Å². The van der Waals surface area contributed by atoms with Crippen molar-refractivity contribution in [1.29, 1.82) is 0 Å². The molecular weight excluding hydrogens is 284 g/mol. The van der Waals surface area contributed by atoms with E-state index >= 15 is 0 Å². The number of sulfonamides is 1. The second-order valence-corrected chi connectivity index (χ2v) is 8.30. The molecule has 0 spiro atoms. The molecule has 2 aliphatic carbocycles. The lowest BCUT2D eigenvalue weighted by Gasteiger charge is -2.21. The van der Waals surface area contributed by atoms with Gasteiger partial charge in [0.05, 0.1) is 5.69 Å². The van der Waals surface area contributed by atoms with Gasteiger partial charge in [-0.2, -0.15) is 0 Å². The third-order valence-electron chi connectivity index (χ3n) is 4.15. The van der Waals surface area contributed by atoms with Crippen LogP contribution in [0.15, 0.2) is 29.2 Å². The molecule has 0 unspecified atom stereocenters. The fraction of sp³-hybridized carbons (Fsp3) is 0.625. The van der Waals surface area contributed by atoms with Gasteiger partial charge in [-0.05, 0) is 63.5 Å². The minimum Gasteiger partial charge on any atom is -0.381 e. The Morgan fingerprint density at radius 1 is 1.05 bits per heavy atom. The Bertz CT molecular complexity index is 592. The molecule has 0 heterocycles. The van der Waals surface area contributed by atoms with E-state index in [1.165, 1.54) is 25.7 Å². The Morgan fingerprint density at radius 3 is 2.14 bits per heavy atom. The molecule has 1 aromatic carbocycles. The van der Waals surface area contributed by atoms with Crippen LogP contribution >= 0.6 is 0 Å². The molecule has 21 heavy (non-hydrogen) atoms. The van der Waals surface area contributed by atoms with E-state index in [-0.39, 0.29) is 6.04 Å². The van der Waals surface area contributed by atoms with Crippen molar-refractivity contribution in [3.05, 3.63) is 24.3 Å². The zero-order chi connectivity index (χ0) is 15.0. The number of benzene rings is 1. The SMILES string of the molecule is CC(C)NS(=O)(=O)c1ccccc1NC(C1CC1)C1CC1. The Morgan fingerprint density at radius 2 is 1.62 bits per heavy atom. The zero-order valence-electron chi connectivity index (χ0n) is 12.7. The summed E-state index contributed by atoms with van der Waals surface area (Å²) in [5.74, 6) is 1.46. The minimum atomic E-state index is -3.46. The van der Waals surface area contributed by atoms with E-state index < -0.39 is 10.0 Å². The van der Waals surface area contributed by atoms with E-state index in [0.717, 1.165) is 17.5 Å². The van der Waals surface area contributed by atoms with Gasteiger partial charge in [0.25, 0.3) is 0 Å². The molecule has 0 aromatic heterocycles. The molecule has 4 nitrogen and oxygen atoms in total. The van der Waals surface area contributed by atoms with Gasteiger partial charge in [0.15, 0.2) is 0 Å². The summed E-state index contributed by atoms with van der Waals surface area (Å²) in [5, 5.41) is 3.53. The number of hydrogen-bond donors (Lipinski definition) is 2. The van der Waals surface area contributed by atoms with Crippen molar-refractivity contribution in [1.82, 2.24) is 4.72 Å². The summed E-state index contributed by atoms with van der Waals surface area (Å²) >= 11 is 0. The van der Waals surface area contributed by atoms with Crippen LogP contribution < -0.4 is 10.0 Å². The first-order valence-electron chi connectivity index (χ1n) is 7.85. The Balaban J connectivity index is 1.85. The topological polar surface area (TPSA) is 58.2 Å². The summed E-state index contributed by atoms with van der Waals surface area (Å²) in [6.07, 6.45) is 5.08. The maximum Gasteiger partial charge on any atom is 0.242 e. The fourth-order valence-corrected chi connectivity index (χ4v) is 4.33. The molecular formula is C16H24N2O2S. The number of rotatable bonds is 7. The van der Waals surface area contributed by atoms with E-state index in [0.29, 0.717) is 10.9 Å². The summed E-state index contributed by atoms with van der Waals surface area (Å²) in [4.78, 5) is 0.366. The average Bonchev–Trinajstić information content (AvgIpc) is 3.26. The van der Waals surface area contributed by atoms with Crippen molar-refractivity contribution >= 4 is 15.7 Å². The second kappa shape index (κ2) is 5.61. The van der Waals surface area contributed by atoms with Crippen LogP contribution in [0.4, 0.5) is 5.69 Å². The molecule has 2 aliphatic rings. The first kappa shape index (κ1) is 14.9. The Kier molecular flexibility index (Phi) is 3.97. The predicted molar refractivity (Wildman–Crippen MR) is 84.8 cm³/mol. The Labute approximate surface area is 127 Å². The van der Waals surface area contributed by atoms with Crippen LogP contribution in [-0.4, -0.2) is 20.5 Å². The number of hydrogen-bond acceptors (Lipinski definition) is 3. The molecule has 116 valence electrons. The zero-order valence-corrected chi connectivity index (χ0v) is 13.5. The summed E-state index contributed by atoms with van der Waals surface area (Å²) in [7, 11) is -3.46. The molecule has 0 radical (unpaired) electrons. The second-order valence-electron chi connectivity index (χ2n) is 6.62. The lowest BCUT2D eigenvalue weighted by molar-refractivity contribution is 0.560. The molecule has 3 rings (SSSR count). The van der Waals surface area contributed by atoms with Crippen molar-refractivity contribution in [2.24, 2.45) is 11.8 Å². The molecule has 0 saturated heterocycles. The van der Waals surface area contributed by atoms with E-state index in [2.05, 4.69) is 10.0 Å².